The monoisotopic (exact) mass is 328 g/mol. The van der Waals surface area contributed by atoms with Crippen molar-refractivity contribution in [3.05, 3.63) is 29.8 Å². The summed E-state index contributed by atoms with van der Waals surface area (Å²) in [5.41, 5.74) is 6.49. The quantitative estimate of drug-likeness (QED) is 0.811. The second-order valence-electron chi connectivity index (χ2n) is 5.86. The molecule has 0 spiro atoms. The van der Waals surface area contributed by atoms with Crippen LogP contribution in [0.3, 0.4) is 0 Å². The Morgan fingerprint density at radius 1 is 1.41 bits per heavy atom. The van der Waals surface area contributed by atoms with Crippen molar-refractivity contribution in [1.82, 2.24) is 4.90 Å². The van der Waals surface area contributed by atoms with Crippen LogP contribution in [0.25, 0.3) is 0 Å². The van der Waals surface area contributed by atoms with E-state index in [1.165, 1.54) is 0 Å². The maximum absolute atomic E-state index is 12.5. The average molecular weight is 329 g/mol. The Labute approximate surface area is 138 Å². The fourth-order valence-electron chi connectivity index (χ4n) is 2.51. The number of amides is 1. The first kappa shape index (κ1) is 18.7. The van der Waals surface area contributed by atoms with Gasteiger partial charge >= 0.3 is 0 Å². The number of benzene rings is 1. The lowest BCUT2D eigenvalue weighted by atomic mass is 9.90. The van der Waals surface area contributed by atoms with Crippen LogP contribution in [0, 0.1) is 5.41 Å². The molecular formula is C16H25ClN2O3. The van der Waals surface area contributed by atoms with Gasteiger partial charge in [-0.3, -0.25) is 4.79 Å². The number of ether oxygens (including phenoxy) is 2. The molecule has 5 nitrogen and oxygen atoms in total. The number of nitrogens with zero attached hydrogens (tertiary/aromatic N) is 1. The van der Waals surface area contributed by atoms with Gasteiger partial charge in [0.1, 0.15) is 12.4 Å². The zero-order valence-corrected chi connectivity index (χ0v) is 14.0. The van der Waals surface area contributed by atoms with Gasteiger partial charge in [0, 0.05) is 25.8 Å². The molecule has 0 aromatic heterocycles. The summed E-state index contributed by atoms with van der Waals surface area (Å²) in [7, 11) is 1.63. The van der Waals surface area contributed by atoms with Gasteiger partial charge in [-0.2, -0.15) is 0 Å². The Morgan fingerprint density at radius 3 is 2.82 bits per heavy atom. The number of hydrogen-bond donors (Lipinski definition) is 1. The van der Waals surface area contributed by atoms with E-state index in [0.717, 1.165) is 19.5 Å². The third-order valence-corrected chi connectivity index (χ3v) is 3.98. The Morgan fingerprint density at radius 2 is 2.18 bits per heavy atom. The third-order valence-electron chi connectivity index (χ3n) is 3.98. The second-order valence-corrected chi connectivity index (χ2v) is 5.86. The largest absolute Gasteiger partial charge is 0.491 e. The van der Waals surface area contributed by atoms with Gasteiger partial charge in [-0.15, -0.1) is 12.4 Å². The van der Waals surface area contributed by atoms with Crippen LogP contribution in [0.5, 0.6) is 5.75 Å². The molecule has 22 heavy (non-hydrogen) atoms. The molecule has 1 aliphatic rings. The number of likely N-dealkylation sites (tertiary alicyclic amines) is 1. The summed E-state index contributed by atoms with van der Waals surface area (Å²) in [6, 6.07) is 7.30. The van der Waals surface area contributed by atoms with Gasteiger partial charge in [-0.05, 0) is 36.6 Å². The van der Waals surface area contributed by atoms with Gasteiger partial charge < -0.3 is 20.1 Å². The molecule has 1 saturated heterocycles. The minimum absolute atomic E-state index is 0. The van der Waals surface area contributed by atoms with Crippen LogP contribution < -0.4 is 10.5 Å². The van der Waals surface area contributed by atoms with Crippen molar-refractivity contribution in [2.24, 2.45) is 11.1 Å². The number of nitrogens with two attached hydrogens (primary N) is 1. The predicted octanol–water partition coefficient (Wildman–Crippen LogP) is 1.94. The van der Waals surface area contributed by atoms with E-state index in [4.69, 9.17) is 15.2 Å². The van der Waals surface area contributed by atoms with Gasteiger partial charge in [0.15, 0.2) is 0 Å². The molecule has 1 aromatic carbocycles. The first-order chi connectivity index (χ1) is 10.1. The Bertz CT molecular complexity index is 498. The first-order valence-electron chi connectivity index (χ1n) is 7.29. The highest BCUT2D eigenvalue weighted by atomic mass is 35.5. The number of hydrogen-bond acceptors (Lipinski definition) is 4. The van der Waals surface area contributed by atoms with Crippen LogP contribution in [0.1, 0.15) is 23.7 Å². The molecular weight excluding hydrogens is 304 g/mol. The zero-order valence-electron chi connectivity index (χ0n) is 13.2. The molecule has 1 heterocycles. The highest BCUT2D eigenvalue weighted by Gasteiger charge is 2.35. The standard InChI is InChI=1S/C16H24N2O3.ClH/c1-16(11-17)6-7-18(12-16)15(19)13-4-3-5-14(10-13)21-9-8-20-2;/h3-5,10H,6-9,11-12,17H2,1-2H3;1H. The summed E-state index contributed by atoms with van der Waals surface area (Å²) in [6.45, 7) is 5.22. The average Bonchev–Trinajstić information content (AvgIpc) is 2.90. The van der Waals surface area contributed by atoms with Crippen LogP contribution in [0.2, 0.25) is 0 Å². The minimum atomic E-state index is 0. The summed E-state index contributed by atoms with van der Waals surface area (Å²) in [5, 5.41) is 0. The summed E-state index contributed by atoms with van der Waals surface area (Å²) in [6.07, 6.45) is 0.958. The molecule has 0 saturated carbocycles. The fraction of sp³-hybridized carbons (Fsp3) is 0.562. The highest BCUT2D eigenvalue weighted by Crippen LogP contribution is 2.29. The SMILES string of the molecule is COCCOc1cccc(C(=O)N2CCC(C)(CN)C2)c1.Cl. The van der Waals surface area contributed by atoms with Crippen molar-refractivity contribution in [3.8, 4) is 5.75 Å². The topological polar surface area (TPSA) is 64.8 Å². The molecule has 1 atom stereocenters. The molecule has 6 heteroatoms. The molecule has 0 radical (unpaired) electrons. The smallest absolute Gasteiger partial charge is 0.254 e. The minimum Gasteiger partial charge on any atom is -0.491 e. The Hall–Kier alpha value is -1.30. The number of carbonyl (C=O) groups is 1. The molecule has 1 aromatic rings. The number of halogens is 1. The Balaban J connectivity index is 0.00000242. The lowest BCUT2D eigenvalue weighted by molar-refractivity contribution is 0.0776. The molecule has 124 valence electrons. The highest BCUT2D eigenvalue weighted by molar-refractivity contribution is 5.94. The van der Waals surface area contributed by atoms with Crippen molar-refractivity contribution in [2.75, 3.05) is 40.0 Å². The first-order valence-corrected chi connectivity index (χ1v) is 7.29. The van der Waals surface area contributed by atoms with Gasteiger partial charge in [-0.25, -0.2) is 0 Å². The van der Waals surface area contributed by atoms with E-state index in [-0.39, 0.29) is 23.7 Å². The van der Waals surface area contributed by atoms with Crippen molar-refractivity contribution in [1.29, 1.82) is 0 Å². The van der Waals surface area contributed by atoms with Crippen molar-refractivity contribution < 1.29 is 14.3 Å². The second kappa shape index (κ2) is 8.36. The summed E-state index contributed by atoms with van der Waals surface area (Å²) < 4.78 is 10.5. The van der Waals surface area contributed by atoms with Crippen LogP contribution in [0.4, 0.5) is 0 Å². The van der Waals surface area contributed by atoms with E-state index in [9.17, 15) is 4.79 Å². The van der Waals surface area contributed by atoms with Gasteiger partial charge in [0.25, 0.3) is 5.91 Å². The van der Waals surface area contributed by atoms with Crippen LogP contribution in [0.15, 0.2) is 24.3 Å². The third kappa shape index (κ3) is 4.60. The van der Waals surface area contributed by atoms with E-state index < -0.39 is 0 Å². The normalized spacial score (nSPS) is 20.6. The maximum atomic E-state index is 12.5. The van der Waals surface area contributed by atoms with E-state index in [0.29, 0.717) is 31.1 Å². The molecule has 2 N–H and O–H groups in total. The van der Waals surface area contributed by atoms with Gasteiger partial charge in [0.2, 0.25) is 0 Å². The van der Waals surface area contributed by atoms with E-state index in [2.05, 4.69) is 6.92 Å². The lowest BCUT2D eigenvalue weighted by Crippen LogP contribution is -2.34. The van der Waals surface area contributed by atoms with Crippen molar-refractivity contribution in [3.63, 3.8) is 0 Å². The van der Waals surface area contributed by atoms with Gasteiger partial charge in [0.05, 0.1) is 6.61 Å². The summed E-state index contributed by atoms with van der Waals surface area (Å²) in [5.74, 6) is 0.739. The molecule has 2 rings (SSSR count). The maximum Gasteiger partial charge on any atom is 0.254 e. The Kier molecular flexibility index (Phi) is 7.13. The molecule has 1 amide bonds. The predicted molar refractivity (Wildman–Crippen MR) is 88.7 cm³/mol. The van der Waals surface area contributed by atoms with Crippen LogP contribution in [-0.4, -0.2) is 50.8 Å². The summed E-state index contributed by atoms with van der Waals surface area (Å²) >= 11 is 0. The number of carbonyl (C=O) groups excluding carboxylic acids is 1. The van der Waals surface area contributed by atoms with Crippen molar-refractivity contribution >= 4 is 18.3 Å². The molecule has 0 bridgehead atoms. The van der Waals surface area contributed by atoms with E-state index in [1.807, 2.05) is 23.1 Å². The van der Waals surface area contributed by atoms with Crippen LogP contribution in [-0.2, 0) is 4.74 Å². The number of rotatable bonds is 6. The molecule has 1 fully saturated rings. The zero-order chi connectivity index (χ0) is 15.3. The fourth-order valence-corrected chi connectivity index (χ4v) is 2.51. The molecule has 0 aliphatic carbocycles. The summed E-state index contributed by atoms with van der Waals surface area (Å²) in [4.78, 5) is 14.4. The number of methoxy groups -OCH3 is 1. The molecule has 1 unspecified atom stereocenters. The molecule has 1 aliphatic heterocycles. The van der Waals surface area contributed by atoms with Crippen molar-refractivity contribution in [2.45, 2.75) is 13.3 Å². The lowest BCUT2D eigenvalue weighted by Gasteiger charge is -2.22. The van der Waals surface area contributed by atoms with E-state index in [1.54, 1.807) is 13.2 Å². The van der Waals surface area contributed by atoms with Gasteiger partial charge in [-0.1, -0.05) is 13.0 Å². The van der Waals surface area contributed by atoms with Crippen LogP contribution >= 0.6 is 12.4 Å². The van der Waals surface area contributed by atoms with E-state index >= 15 is 0 Å².